The molecule has 2 aromatic rings. The third-order valence-electron chi connectivity index (χ3n) is 5.17. The smallest absolute Gasteiger partial charge is 0.274 e. The Morgan fingerprint density at radius 3 is 2.46 bits per heavy atom. The molecule has 0 spiro atoms. The fourth-order valence-corrected chi connectivity index (χ4v) is 3.28. The Morgan fingerprint density at radius 2 is 1.92 bits per heavy atom. The molecule has 1 heterocycles. The molecule has 0 aliphatic heterocycles. The quantitative estimate of drug-likeness (QED) is 0.736. The number of aromatic nitrogens is 2. The maximum Gasteiger partial charge on any atom is 0.274 e. The molecule has 4 nitrogen and oxygen atoms in total. The number of nitrogens with zero attached hydrogens (tertiary/aromatic N) is 3. The average molecular weight is 354 g/mol. The van der Waals surface area contributed by atoms with Crippen LogP contribution < -0.4 is 0 Å². The molecule has 1 aromatic carbocycles. The van der Waals surface area contributed by atoms with Crippen molar-refractivity contribution in [3.63, 3.8) is 0 Å². The van der Waals surface area contributed by atoms with Crippen molar-refractivity contribution in [1.82, 2.24) is 14.7 Å². The van der Waals surface area contributed by atoms with Crippen LogP contribution in [0, 0.1) is 0 Å². The van der Waals surface area contributed by atoms with Gasteiger partial charge in [-0.05, 0) is 58.6 Å². The van der Waals surface area contributed by atoms with Gasteiger partial charge in [0.25, 0.3) is 5.91 Å². The normalized spacial score (nSPS) is 15.7. The second-order valence-corrected chi connectivity index (χ2v) is 8.49. The lowest BCUT2D eigenvalue weighted by molar-refractivity contribution is 0.0663. The SMILES string of the molecule is CC[C@H](C)N(Cc1ccccc1)C(=O)c1cc(C2CC2)n(C(C)(C)C)n1. The largest absolute Gasteiger partial charge is 0.330 e. The number of benzene rings is 1. The van der Waals surface area contributed by atoms with E-state index >= 15 is 0 Å². The lowest BCUT2D eigenvalue weighted by atomic mass is 10.1. The Kier molecular flexibility index (Phi) is 5.22. The fourth-order valence-electron chi connectivity index (χ4n) is 3.28. The summed E-state index contributed by atoms with van der Waals surface area (Å²) < 4.78 is 2.06. The first-order valence-electron chi connectivity index (χ1n) is 9.76. The van der Waals surface area contributed by atoms with Gasteiger partial charge in [0.15, 0.2) is 5.69 Å². The van der Waals surface area contributed by atoms with Crippen molar-refractivity contribution in [3.8, 4) is 0 Å². The molecule has 1 aromatic heterocycles. The Hall–Kier alpha value is -2.10. The van der Waals surface area contributed by atoms with Crippen molar-refractivity contribution in [2.75, 3.05) is 0 Å². The molecule has 0 unspecified atom stereocenters. The van der Waals surface area contributed by atoms with Crippen molar-refractivity contribution in [3.05, 3.63) is 53.3 Å². The van der Waals surface area contributed by atoms with Crippen molar-refractivity contribution in [1.29, 1.82) is 0 Å². The molecule has 140 valence electrons. The summed E-state index contributed by atoms with van der Waals surface area (Å²) in [7, 11) is 0. The minimum atomic E-state index is -0.114. The summed E-state index contributed by atoms with van der Waals surface area (Å²) in [5.74, 6) is 0.600. The summed E-state index contributed by atoms with van der Waals surface area (Å²) in [5, 5.41) is 4.75. The average Bonchev–Trinajstić information content (AvgIpc) is 3.36. The number of carbonyl (C=O) groups excluding carboxylic acids is 1. The van der Waals surface area contributed by atoms with E-state index in [1.165, 1.54) is 18.5 Å². The first kappa shape index (κ1) is 18.7. The van der Waals surface area contributed by atoms with Crippen molar-refractivity contribution in [2.45, 2.75) is 77.9 Å². The molecule has 0 N–H and O–H groups in total. The maximum atomic E-state index is 13.3. The molecule has 1 saturated carbocycles. The molecule has 1 amide bonds. The highest BCUT2D eigenvalue weighted by molar-refractivity contribution is 5.92. The Balaban J connectivity index is 1.91. The standard InChI is InChI=1S/C22H31N3O/c1-6-16(2)24(15-17-10-8-7-9-11-17)21(26)19-14-20(18-12-13-18)25(23-19)22(3,4)5/h7-11,14,16,18H,6,12-13,15H2,1-5H3/t16-/m0/s1. The van der Waals surface area contributed by atoms with Gasteiger partial charge in [0.1, 0.15) is 0 Å². The molecule has 4 heteroatoms. The van der Waals surface area contributed by atoms with Crippen LogP contribution in [0.5, 0.6) is 0 Å². The van der Waals surface area contributed by atoms with Crippen molar-refractivity contribution in [2.24, 2.45) is 0 Å². The van der Waals surface area contributed by atoms with Gasteiger partial charge in [-0.3, -0.25) is 9.48 Å². The van der Waals surface area contributed by atoms with E-state index in [-0.39, 0.29) is 17.5 Å². The van der Waals surface area contributed by atoms with E-state index in [1.807, 2.05) is 29.2 Å². The van der Waals surface area contributed by atoms with E-state index in [2.05, 4.69) is 51.4 Å². The van der Waals surface area contributed by atoms with Gasteiger partial charge >= 0.3 is 0 Å². The minimum absolute atomic E-state index is 0.0353. The van der Waals surface area contributed by atoms with Crippen LogP contribution in [0.3, 0.4) is 0 Å². The molecule has 1 aliphatic rings. The predicted molar refractivity (Wildman–Crippen MR) is 105 cm³/mol. The van der Waals surface area contributed by atoms with Gasteiger partial charge in [0, 0.05) is 24.2 Å². The predicted octanol–water partition coefficient (Wildman–Crippen LogP) is 4.96. The number of hydrogen-bond donors (Lipinski definition) is 0. The van der Waals surface area contributed by atoms with Gasteiger partial charge in [-0.25, -0.2) is 0 Å². The Morgan fingerprint density at radius 1 is 1.27 bits per heavy atom. The zero-order chi connectivity index (χ0) is 18.9. The second-order valence-electron chi connectivity index (χ2n) is 8.49. The molecule has 3 rings (SSSR count). The summed E-state index contributed by atoms with van der Waals surface area (Å²) in [5.41, 5.74) is 2.83. The lowest BCUT2D eigenvalue weighted by Crippen LogP contribution is -2.38. The van der Waals surface area contributed by atoms with Crippen LogP contribution >= 0.6 is 0 Å². The molecule has 0 radical (unpaired) electrons. The zero-order valence-electron chi connectivity index (χ0n) is 16.7. The van der Waals surface area contributed by atoms with E-state index < -0.39 is 0 Å². The highest BCUT2D eigenvalue weighted by atomic mass is 16.2. The van der Waals surface area contributed by atoms with Crippen molar-refractivity contribution >= 4 is 5.91 Å². The number of rotatable bonds is 6. The number of amides is 1. The van der Waals surface area contributed by atoms with E-state index in [9.17, 15) is 4.79 Å². The monoisotopic (exact) mass is 353 g/mol. The summed E-state index contributed by atoms with van der Waals surface area (Å²) in [6, 6.07) is 12.4. The van der Waals surface area contributed by atoms with Crippen LogP contribution in [0.1, 0.15) is 81.5 Å². The molecule has 1 aliphatic carbocycles. The first-order valence-corrected chi connectivity index (χ1v) is 9.76. The zero-order valence-corrected chi connectivity index (χ0v) is 16.7. The van der Waals surface area contributed by atoms with Gasteiger partial charge in [-0.1, -0.05) is 37.3 Å². The topological polar surface area (TPSA) is 38.1 Å². The van der Waals surface area contributed by atoms with Crippen LogP contribution in [0.4, 0.5) is 0 Å². The van der Waals surface area contributed by atoms with Crippen LogP contribution in [-0.2, 0) is 12.1 Å². The highest BCUT2D eigenvalue weighted by Gasteiger charge is 2.33. The number of carbonyl (C=O) groups is 1. The van der Waals surface area contributed by atoms with E-state index in [4.69, 9.17) is 5.10 Å². The van der Waals surface area contributed by atoms with Gasteiger partial charge < -0.3 is 4.90 Å². The van der Waals surface area contributed by atoms with Crippen molar-refractivity contribution < 1.29 is 4.79 Å². The van der Waals surface area contributed by atoms with Crippen LogP contribution in [0.2, 0.25) is 0 Å². The fraction of sp³-hybridized carbons (Fsp3) is 0.545. The van der Waals surface area contributed by atoms with Gasteiger partial charge in [0.05, 0.1) is 5.54 Å². The Bertz CT molecular complexity index is 753. The second kappa shape index (κ2) is 7.26. The molecular weight excluding hydrogens is 322 g/mol. The van der Waals surface area contributed by atoms with Crippen LogP contribution in [0.15, 0.2) is 36.4 Å². The van der Waals surface area contributed by atoms with E-state index in [0.29, 0.717) is 18.2 Å². The van der Waals surface area contributed by atoms with Gasteiger partial charge in [-0.15, -0.1) is 0 Å². The lowest BCUT2D eigenvalue weighted by Gasteiger charge is -2.28. The summed E-state index contributed by atoms with van der Waals surface area (Å²) in [6.07, 6.45) is 3.33. The first-order chi connectivity index (χ1) is 12.3. The Labute approximate surface area is 157 Å². The van der Waals surface area contributed by atoms with Gasteiger partial charge in [0.2, 0.25) is 0 Å². The van der Waals surface area contributed by atoms with E-state index in [1.54, 1.807) is 0 Å². The van der Waals surface area contributed by atoms with Crippen LogP contribution in [0.25, 0.3) is 0 Å². The molecule has 1 atom stereocenters. The third kappa shape index (κ3) is 4.00. The molecular formula is C22H31N3O. The summed E-state index contributed by atoms with van der Waals surface area (Å²) in [4.78, 5) is 15.3. The number of hydrogen-bond acceptors (Lipinski definition) is 2. The minimum Gasteiger partial charge on any atom is -0.330 e. The third-order valence-corrected chi connectivity index (χ3v) is 5.17. The maximum absolute atomic E-state index is 13.3. The summed E-state index contributed by atoms with van der Waals surface area (Å²) >= 11 is 0. The van der Waals surface area contributed by atoms with Gasteiger partial charge in [-0.2, -0.15) is 5.10 Å². The van der Waals surface area contributed by atoms with Crippen LogP contribution in [-0.4, -0.2) is 26.6 Å². The summed E-state index contributed by atoms with van der Waals surface area (Å²) in [6.45, 7) is 11.3. The highest BCUT2D eigenvalue weighted by Crippen LogP contribution is 2.41. The molecule has 0 bridgehead atoms. The molecule has 0 saturated heterocycles. The molecule has 1 fully saturated rings. The van der Waals surface area contributed by atoms with E-state index in [0.717, 1.165) is 12.0 Å². The molecule has 26 heavy (non-hydrogen) atoms.